The number of nitrogens with one attached hydrogen (secondary N) is 1. The molecule has 0 saturated heterocycles. The van der Waals surface area contributed by atoms with Crippen LogP contribution in [0.3, 0.4) is 0 Å². The zero-order valence-corrected chi connectivity index (χ0v) is 17.6. The molecular formula is C21H28ClNO4. The Hall–Kier alpha value is -2.14. The molecule has 1 aromatic carbocycles. The van der Waals surface area contributed by atoms with Crippen LogP contribution in [0, 0.1) is 12.8 Å². The van der Waals surface area contributed by atoms with Gasteiger partial charge in [0.2, 0.25) is 5.88 Å². The minimum absolute atomic E-state index is 0.350. The number of hydrogen-bond acceptors (Lipinski definition) is 4. The fourth-order valence-electron chi connectivity index (χ4n) is 2.42. The van der Waals surface area contributed by atoms with E-state index in [4.69, 9.17) is 25.5 Å². The summed E-state index contributed by atoms with van der Waals surface area (Å²) in [5.41, 5.74) is 1.29. The number of ether oxygens (including phenoxy) is 2. The predicted octanol–water partition coefficient (Wildman–Crippen LogP) is 6.21. The van der Waals surface area contributed by atoms with Gasteiger partial charge in [0.05, 0.1) is 6.61 Å². The zero-order chi connectivity index (χ0) is 20.2. The molecule has 0 aliphatic heterocycles. The summed E-state index contributed by atoms with van der Waals surface area (Å²) >= 11 is 6.16. The topological polar surface area (TPSA) is 60.7 Å². The van der Waals surface area contributed by atoms with Crippen molar-refractivity contribution in [1.82, 2.24) is 0 Å². The second-order valence-corrected chi connectivity index (χ2v) is 8.41. The van der Waals surface area contributed by atoms with Crippen LogP contribution in [0.15, 0.2) is 28.7 Å². The van der Waals surface area contributed by atoms with Crippen molar-refractivity contribution in [3.8, 4) is 5.75 Å². The van der Waals surface area contributed by atoms with E-state index < -0.39 is 11.7 Å². The third kappa shape index (κ3) is 6.83. The fraction of sp³-hybridized carbons (Fsp3) is 0.476. The summed E-state index contributed by atoms with van der Waals surface area (Å²) in [6, 6.07) is 7.34. The van der Waals surface area contributed by atoms with Crippen molar-refractivity contribution in [3.63, 3.8) is 0 Å². The van der Waals surface area contributed by atoms with Crippen LogP contribution in [0.25, 0.3) is 0 Å². The number of anilines is 1. The SMILES string of the molecule is Cc1cc(NC(=O)OC(C)(C)C)oc1Cc1cc(Cl)ccc1OCC(C)C. The Bertz CT molecular complexity index is 790. The van der Waals surface area contributed by atoms with Crippen LogP contribution >= 0.6 is 11.6 Å². The number of aryl methyl sites for hydroxylation is 1. The van der Waals surface area contributed by atoms with Gasteiger partial charge in [0.1, 0.15) is 17.1 Å². The van der Waals surface area contributed by atoms with E-state index in [0.717, 1.165) is 22.6 Å². The average molecular weight is 394 g/mol. The number of hydrogen-bond donors (Lipinski definition) is 1. The van der Waals surface area contributed by atoms with E-state index in [-0.39, 0.29) is 0 Å². The summed E-state index contributed by atoms with van der Waals surface area (Å²) in [7, 11) is 0. The van der Waals surface area contributed by atoms with Gasteiger partial charge in [-0.05, 0) is 57.4 Å². The Balaban J connectivity index is 2.15. The molecule has 0 saturated carbocycles. The number of carbonyl (C=O) groups is 1. The number of benzene rings is 1. The summed E-state index contributed by atoms with van der Waals surface area (Å²) in [5, 5.41) is 3.26. The Kier molecular flexibility index (Phi) is 6.82. The Labute approximate surface area is 166 Å². The molecule has 148 valence electrons. The van der Waals surface area contributed by atoms with Crippen LogP contribution in [-0.2, 0) is 11.2 Å². The molecule has 1 aromatic heterocycles. The molecule has 2 rings (SSSR count). The first kappa shape index (κ1) is 21.2. The molecule has 0 unspecified atom stereocenters. The van der Waals surface area contributed by atoms with Crippen LogP contribution < -0.4 is 10.1 Å². The fourth-order valence-corrected chi connectivity index (χ4v) is 2.61. The highest BCUT2D eigenvalue weighted by Crippen LogP contribution is 2.29. The van der Waals surface area contributed by atoms with Gasteiger partial charge in [0.15, 0.2) is 0 Å². The molecule has 5 nitrogen and oxygen atoms in total. The molecule has 0 bridgehead atoms. The third-order valence-corrected chi connectivity index (χ3v) is 3.83. The minimum Gasteiger partial charge on any atom is -0.493 e. The highest BCUT2D eigenvalue weighted by Gasteiger charge is 2.19. The van der Waals surface area contributed by atoms with E-state index in [1.54, 1.807) is 6.07 Å². The van der Waals surface area contributed by atoms with Crippen molar-refractivity contribution < 1.29 is 18.7 Å². The van der Waals surface area contributed by atoms with Gasteiger partial charge < -0.3 is 13.9 Å². The first-order chi connectivity index (χ1) is 12.5. The largest absolute Gasteiger partial charge is 0.493 e. The van der Waals surface area contributed by atoms with Gasteiger partial charge in [0, 0.05) is 23.1 Å². The van der Waals surface area contributed by atoms with E-state index in [9.17, 15) is 4.79 Å². The summed E-state index contributed by atoms with van der Waals surface area (Å²) < 4.78 is 17.0. The molecule has 6 heteroatoms. The van der Waals surface area contributed by atoms with E-state index in [2.05, 4.69) is 19.2 Å². The van der Waals surface area contributed by atoms with Crippen molar-refractivity contribution in [2.45, 2.75) is 53.6 Å². The highest BCUT2D eigenvalue weighted by atomic mass is 35.5. The molecule has 0 fully saturated rings. The number of carbonyl (C=O) groups excluding carboxylic acids is 1. The lowest BCUT2D eigenvalue weighted by Gasteiger charge is -2.18. The van der Waals surface area contributed by atoms with Gasteiger partial charge in [-0.1, -0.05) is 25.4 Å². The summed E-state index contributed by atoms with van der Waals surface area (Å²) in [6.07, 6.45) is -0.0398. The van der Waals surface area contributed by atoms with E-state index >= 15 is 0 Å². The summed E-state index contributed by atoms with van der Waals surface area (Å²) in [6.45, 7) is 12.2. The number of halogens is 1. The summed E-state index contributed by atoms with van der Waals surface area (Å²) in [4.78, 5) is 11.9. The normalized spacial score (nSPS) is 11.6. The molecule has 27 heavy (non-hydrogen) atoms. The second kappa shape index (κ2) is 8.70. The monoisotopic (exact) mass is 393 g/mol. The maximum atomic E-state index is 11.9. The molecule has 1 amide bonds. The van der Waals surface area contributed by atoms with Crippen LogP contribution in [-0.4, -0.2) is 18.3 Å². The molecule has 2 aromatic rings. The number of rotatable bonds is 6. The average Bonchev–Trinajstić information content (AvgIpc) is 2.83. The van der Waals surface area contributed by atoms with Crippen molar-refractivity contribution >= 4 is 23.6 Å². The Morgan fingerprint density at radius 1 is 1.26 bits per heavy atom. The molecule has 0 spiro atoms. The van der Waals surface area contributed by atoms with Gasteiger partial charge in [-0.25, -0.2) is 4.79 Å². The lowest BCUT2D eigenvalue weighted by Crippen LogP contribution is -2.27. The molecule has 1 heterocycles. The first-order valence-electron chi connectivity index (χ1n) is 9.04. The molecule has 1 N–H and O–H groups in total. The Morgan fingerprint density at radius 3 is 2.59 bits per heavy atom. The second-order valence-electron chi connectivity index (χ2n) is 7.98. The van der Waals surface area contributed by atoms with E-state index in [0.29, 0.717) is 29.9 Å². The van der Waals surface area contributed by atoms with E-state index in [1.807, 2.05) is 45.9 Å². The van der Waals surface area contributed by atoms with Crippen molar-refractivity contribution in [2.24, 2.45) is 5.92 Å². The van der Waals surface area contributed by atoms with Crippen LogP contribution in [0.5, 0.6) is 5.75 Å². The standard InChI is InChI=1S/C21H28ClNO4/c1-13(2)12-25-17-8-7-16(22)10-15(17)11-18-14(3)9-19(26-18)23-20(24)27-21(4,5)6/h7-10,13H,11-12H2,1-6H3,(H,23,24). The quantitative estimate of drug-likeness (QED) is 0.633. The van der Waals surface area contributed by atoms with Gasteiger partial charge in [-0.15, -0.1) is 0 Å². The van der Waals surface area contributed by atoms with Gasteiger partial charge in [-0.3, -0.25) is 5.32 Å². The van der Waals surface area contributed by atoms with Crippen LogP contribution in [0.4, 0.5) is 10.7 Å². The smallest absolute Gasteiger partial charge is 0.414 e. The van der Waals surface area contributed by atoms with Crippen molar-refractivity contribution in [2.75, 3.05) is 11.9 Å². The third-order valence-electron chi connectivity index (χ3n) is 3.59. The maximum absolute atomic E-state index is 11.9. The van der Waals surface area contributed by atoms with Crippen LogP contribution in [0.2, 0.25) is 5.02 Å². The number of furan rings is 1. The molecular weight excluding hydrogens is 366 g/mol. The van der Waals surface area contributed by atoms with Gasteiger partial charge in [-0.2, -0.15) is 0 Å². The molecule has 0 aliphatic carbocycles. The van der Waals surface area contributed by atoms with Crippen molar-refractivity contribution in [3.05, 3.63) is 46.2 Å². The minimum atomic E-state index is -0.571. The Morgan fingerprint density at radius 2 is 1.96 bits per heavy atom. The summed E-state index contributed by atoms with van der Waals surface area (Å²) in [5.74, 6) is 2.29. The van der Waals surface area contributed by atoms with Crippen molar-refractivity contribution in [1.29, 1.82) is 0 Å². The molecule has 0 aliphatic rings. The zero-order valence-electron chi connectivity index (χ0n) is 16.8. The highest BCUT2D eigenvalue weighted by molar-refractivity contribution is 6.30. The first-order valence-corrected chi connectivity index (χ1v) is 9.42. The lowest BCUT2D eigenvalue weighted by molar-refractivity contribution is 0.0632. The van der Waals surface area contributed by atoms with E-state index in [1.165, 1.54) is 0 Å². The van der Waals surface area contributed by atoms with Crippen LogP contribution in [0.1, 0.15) is 51.5 Å². The van der Waals surface area contributed by atoms with Gasteiger partial charge in [0.25, 0.3) is 0 Å². The lowest BCUT2D eigenvalue weighted by atomic mass is 10.1. The molecule has 0 radical (unpaired) electrons. The predicted molar refractivity (Wildman–Crippen MR) is 108 cm³/mol. The maximum Gasteiger partial charge on any atom is 0.414 e. The molecule has 0 atom stereocenters. The number of amides is 1. The van der Waals surface area contributed by atoms with Gasteiger partial charge >= 0.3 is 6.09 Å².